The molecule has 0 bridgehead atoms. The quantitative estimate of drug-likeness (QED) is 0.674. The normalized spacial score (nSPS) is 14.7. The molecular weight excluding hydrogens is 388 g/mol. The summed E-state index contributed by atoms with van der Waals surface area (Å²) in [4.78, 5) is 18.4. The molecule has 2 heterocycles. The summed E-state index contributed by atoms with van der Waals surface area (Å²) >= 11 is 5.90. The van der Waals surface area contributed by atoms with Gasteiger partial charge in [0.25, 0.3) is 0 Å². The minimum absolute atomic E-state index is 0.260. The first kappa shape index (κ1) is 20.6. The van der Waals surface area contributed by atoms with Crippen molar-refractivity contribution in [1.82, 2.24) is 14.7 Å². The monoisotopic (exact) mass is 410 g/mol. The molecule has 3 rings (SSSR count). The fraction of sp³-hybridized carbons (Fsp3) is 0.227. The Morgan fingerprint density at radius 2 is 2.03 bits per heavy atom. The molecule has 2 aromatic rings. The summed E-state index contributed by atoms with van der Waals surface area (Å²) in [6, 6.07) is 7.50. The summed E-state index contributed by atoms with van der Waals surface area (Å²) in [5.41, 5.74) is 4.54. The fourth-order valence-electron chi connectivity index (χ4n) is 3.01. The minimum Gasteiger partial charge on any atom is -0.390 e. The van der Waals surface area contributed by atoms with E-state index in [0.717, 1.165) is 28.1 Å². The molecule has 0 radical (unpaired) electrons. The summed E-state index contributed by atoms with van der Waals surface area (Å²) in [5, 5.41) is 5.00. The van der Waals surface area contributed by atoms with Crippen molar-refractivity contribution in [2.45, 2.75) is 33.4 Å². The van der Waals surface area contributed by atoms with E-state index in [1.165, 1.54) is 4.68 Å². The minimum atomic E-state index is -0.485. The molecule has 1 aliphatic rings. The van der Waals surface area contributed by atoms with Crippen LogP contribution in [0.3, 0.4) is 0 Å². The van der Waals surface area contributed by atoms with Gasteiger partial charge in [-0.1, -0.05) is 43.0 Å². The molecule has 6 nitrogen and oxygen atoms in total. The molecule has 150 valence electrons. The Labute approximate surface area is 174 Å². The summed E-state index contributed by atoms with van der Waals surface area (Å²) in [5.74, 6) is -0.182. The second kappa shape index (κ2) is 8.92. The second-order valence-electron chi connectivity index (χ2n) is 6.62. The molecule has 7 heteroatoms. The van der Waals surface area contributed by atoms with Gasteiger partial charge < -0.3 is 9.32 Å². The van der Waals surface area contributed by atoms with Crippen molar-refractivity contribution in [2.75, 3.05) is 0 Å². The second-order valence-corrected chi connectivity index (χ2v) is 7.05. The molecule has 0 unspecified atom stereocenters. The number of hydrogen-bond acceptors (Lipinski definition) is 5. The third kappa shape index (κ3) is 4.66. The zero-order chi connectivity index (χ0) is 21.0. The Hall–Kier alpha value is -3.12. The largest absolute Gasteiger partial charge is 0.437 e. The first-order valence-corrected chi connectivity index (χ1v) is 9.62. The average Bonchev–Trinajstić information content (AvgIpc) is 3.07. The van der Waals surface area contributed by atoms with Crippen molar-refractivity contribution in [1.29, 1.82) is 0 Å². The molecule has 0 fully saturated rings. The van der Waals surface area contributed by atoms with Crippen LogP contribution in [0.1, 0.15) is 25.3 Å². The highest BCUT2D eigenvalue weighted by Gasteiger charge is 2.21. The number of hydrogen-bond donors (Lipinski definition) is 0. The van der Waals surface area contributed by atoms with Crippen LogP contribution in [-0.2, 0) is 19.5 Å². The number of aliphatic imine (C=N–C) groups is 1. The summed E-state index contributed by atoms with van der Waals surface area (Å²) < 4.78 is 6.66. The van der Waals surface area contributed by atoms with Crippen LogP contribution in [-0.4, -0.2) is 21.0 Å². The predicted octanol–water partition coefficient (Wildman–Crippen LogP) is 4.50. The van der Waals surface area contributed by atoms with Gasteiger partial charge in [0, 0.05) is 16.3 Å². The van der Waals surface area contributed by atoms with Crippen LogP contribution in [0, 0.1) is 0 Å². The molecule has 1 aliphatic heterocycles. The highest BCUT2D eigenvalue weighted by Crippen LogP contribution is 2.29. The van der Waals surface area contributed by atoms with E-state index in [2.05, 4.69) is 23.2 Å². The predicted molar refractivity (Wildman–Crippen MR) is 116 cm³/mol. The van der Waals surface area contributed by atoms with Crippen LogP contribution in [0.5, 0.6) is 0 Å². The molecule has 0 saturated heterocycles. The van der Waals surface area contributed by atoms with Crippen LogP contribution >= 0.6 is 11.6 Å². The lowest BCUT2D eigenvalue weighted by Gasteiger charge is -2.27. The highest BCUT2D eigenvalue weighted by atomic mass is 35.5. The molecule has 0 saturated carbocycles. The van der Waals surface area contributed by atoms with Gasteiger partial charge in [0.2, 0.25) is 5.89 Å². The molecule has 0 N–H and O–H groups in total. The van der Waals surface area contributed by atoms with Gasteiger partial charge in [-0.3, -0.25) is 0 Å². The summed E-state index contributed by atoms with van der Waals surface area (Å²) in [6.07, 6.45) is 6.00. The Kier molecular flexibility index (Phi) is 6.34. The van der Waals surface area contributed by atoms with Crippen molar-refractivity contribution in [3.8, 4) is 0 Å². The Morgan fingerprint density at radius 3 is 2.69 bits per heavy atom. The Bertz CT molecular complexity index is 1070. The number of nitrogens with zero attached hydrogens (tertiary/aromatic N) is 4. The van der Waals surface area contributed by atoms with E-state index in [0.29, 0.717) is 23.9 Å². The van der Waals surface area contributed by atoms with E-state index in [1.807, 2.05) is 49.1 Å². The highest BCUT2D eigenvalue weighted by molar-refractivity contribution is 6.30. The molecule has 29 heavy (non-hydrogen) atoms. The Morgan fingerprint density at radius 1 is 1.31 bits per heavy atom. The molecule has 1 aromatic carbocycles. The first-order chi connectivity index (χ1) is 13.9. The van der Waals surface area contributed by atoms with Gasteiger partial charge in [0.15, 0.2) is 0 Å². The fourth-order valence-corrected chi connectivity index (χ4v) is 3.13. The Balaban J connectivity index is 1.72. The summed E-state index contributed by atoms with van der Waals surface area (Å²) in [7, 11) is 0. The maximum absolute atomic E-state index is 12.2. The molecule has 0 spiro atoms. The lowest BCUT2D eigenvalue weighted by Crippen LogP contribution is -2.25. The van der Waals surface area contributed by atoms with Gasteiger partial charge in [0.1, 0.15) is 6.54 Å². The zero-order valence-electron chi connectivity index (χ0n) is 16.6. The number of aromatic nitrogens is 2. The van der Waals surface area contributed by atoms with E-state index in [9.17, 15) is 4.79 Å². The van der Waals surface area contributed by atoms with Gasteiger partial charge >= 0.3 is 5.76 Å². The van der Waals surface area contributed by atoms with Crippen molar-refractivity contribution in [3.63, 3.8) is 0 Å². The number of benzene rings is 1. The number of allylic oxidation sites excluding steroid dienone is 3. The SMILES string of the molecule is C=CC1=C(/C(C)=C\C)C(=C)N(Cc2nn(CCc3ccc(Cl)cc3)c(=O)o2)C=N1. The number of aryl methyl sites for hydroxylation is 2. The molecule has 0 atom stereocenters. The van der Waals surface area contributed by atoms with Gasteiger partial charge in [-0.25, -0.2) is 9.79 Å². The molecule has 0 amide bonds. The third-order valence-electron chi connectivity index (χ3n) is 4.73. The molecule has 1 aromatic heterocycles. The van der Waals surface area contributed by atoms with Crippen molar-refractivity contribution in [2.24, 2.45) is 4.99 Å². The maximum atomic E-state index is 12.2. The van der Waals surface area contributed by atoms with Crippen LogP contribution in [0.2, 0.25) is 5.02 Å². The van der Waals surface area contributed by atoms with Crippen LogP contribution in [0.15, 0.2) is 86.3 Å². The van der Waals surface area contributed by atoms with Crippen LogP contribution in [0.25, 0.3) is 0 Å². The van der Waals surface area contributed by atoms with Crippen molar-refractivity contribution < 1.29 is 4.42 Å². The first-order valence-electron chi connectivity index (χ1n) is 9.24. The third-order valence-corrected chi connectivity index (χ3v) is 4.98. The smallest absolute Gasteiger partial charge is 0.390 e. The van der Waals surface area contributed by atoms with E-state index in [-0.39, 0.29) is 6.54 Å². The van der Waals surface area contributed by atoms with E-state index in [1.54, 1.807) is 12.4 Å². The van der Waals surface area contributed by atoms with E-state index < -0.39 is 5.76 Å². The van der Waals surface area contributed by atoms with Crippen molar-refractivity contribution in [3.05, 3.63) is 99.1 Å². The van der Waals surface area contributed by atoms with Gasteiger partial charge in [-0.05, 0) is 49.6 Å². The summed E-state index contributed by atoms with van der Waals surface area (Å²) in [6.45, 7) is 12.6. The van der Waals surface area contributed by atoms with Crippen LogP contribution < -0.4 is 5.76 Å². The lowest BCUT2D eigenvalue weighted by molar-refractivity contribution is 0.393. The van der Waals surface area contributed by atoms with E-state index in [4.69, 9.17) is 16.0 Å². The number of rotatable bonds is 7. The van der Waals surface area contributed by atoms with Crippen LogP contribution in [0.4, 0.5) is 0 Å². The number of halogens is 1. The van der Waals surface area contributed by atoms with Gasteiger partial charge in [0.05, 0.1) is 18.6 Å². The van der Waals surface area contributed by atoms with Gasteiger partial charge in [-0.15, -0.1) is 5.10 Å². The topological polar surface area (TPSA) is 63.6 Å². The lowest BCUT2D eigenvalue weighted by atomic mass is 10.0. The standard InChI is InChI=1S/C22H23ClN4O2/c1-5-15(3)21-16(4)26(14-24-19(21)6-2)13-20-25-27(22(28)29-20)12-11-17-7-9-18(23)10-8-17/h5-10,14H,2,4,11-13H2,1,3H3/b15-5-. The van der Waals surface area contributed by atoms with E-state index >= 15 is 0 Å². The van der Waals surface area contributed by atoms with Crippen molar-refractivity contribution >= 4 is 17.9 Å². The zero-order valence-corrected chi connectivity index (χ0v) is 17.3. The average molecular weight is 411 g/mol. The maximum Gasteiger partial charge on any atom is 0.437 e. The molecular formula is C22H23ClN4O2. The molecule has 0 aliphatic carbocycles. The van der Waals surface area contributed by atoms with Gasteiger partial charge in [-0.2, -0.15) is 4.68 Å².